The Balaban J connectivity index is 2.75. The van der Waals surface area contributed by atoms with E-state index in [0.717, 1.165) is 0 Å². The maximum absolute atomic E-state index is 12.8. The SMILES string of the molecule is CCOC(=O)CCS(=O)C(C)(C)CC(=O)Nc1ccccc1NC(=O)CC(C)(C)S(=O)CCC(=O)OCC. The van der Waals surface area contributed by atoms with Crippen LogP contribution in [0, 0.1) is 0 Å². The smallest absolute Gasteiger partial charge is 0.306 e. The number of anilines is 2. The Labute approximate surface area is 229 Å². The van der Waals surface area contributed by atoms with E-state index in [1.165, 1.54) is 0 Å². The first kappa shape index (κ1) is 33.4. The number of carbonyl (C=O) groups excluding carboxylic acids is 4. The largest absolute Gasteiger partial charge is 0.466 e. The van der Waals surface area contributed by atoms with Crippen LogP contribution < -0.4 is 10.6 Å². The van der Waals surface area contributed by atoms with Crippen molar-refractivity contribution in [3.63, 3.8) is 0 Å². The third kappa shape index (κ3) is 11.8. The maximum atomic E-state index is 12.8. The van der Waals surface area contributed by atoms with Gasteiger partial charge >= 0.3 is 11.9 Å². The lowest BCUT2D eigenvalue weighted by Crippen LogP contribution is -2.35. The average molecular weight is 573 g/mol. The molecule has 0 fully saturated rings. The van der Waals surface area contributed by atoms with Gasteiger partial charge in [0, 0.05) is 55.4 Å². The highest BCUT2D eigenvalue weighted by Crippen LogP contribution is 2.26. The van der Waals surface area contributed by atoms with Crippen LogP contribution in [0.1, 0.15) is 67.2 Å². The van der Waals surface area contributed by atoms with Crippen molar-refractivity contribution in [2.24, 2.45) is 0 Å². The number of carbonyl (C=O) groups is 4. The first-order valence-corrected chi connectivity index (χ1v) is 15.1. The second-order valence-electron chi connectivity index (χ2n) is 9.72. The number of rotatable bonds is 16. The van der Waals surface area contributed by atoms with Gasteiger partial charge in [-0.3, -0.25) is 27.6 Å². The molecule has 12 heteroatoms. The third-order valence-electron chi connectivity index (χ3n) is 5.47. The highest BCUT2D eigenvalue weighted by atomic mass is 32.2. The minimum absolute atomic E-state index is 0.00429. The number of nitrogens with one attached hydrogen (secondary N) is 2. The van der Waals surface area contributed by atoms with E-state index in [1.54, 1.807) is 65.8 Å². The predicted molar refractivity (Wildman–Crippen MR) is 150 cm³/mol. The lowest BCUT2D eigenvalue weighted by molar-refractivity contribution is -0.143. The molecule has 2 unspecified atom stereocenters. The molecule has 2 amide bonds. The Kier molecular flexibility index (Phi) is 13.8. The van der Waals surface area contributed by atoms with Gasteiger partial charge in [0.25, 0.3) is 0 Å². The summed E-state index contributed by atoms with van der Waals surface area (Å²) in [6.07, 6.45) is -0.136. The molecule has 2 atom stereocenters. The highest BCUT2D eigenvalue weighted by molar-refractivity contribution is 7.86. The normalized spacial score (nSPS) is 13.2. The van der Waals surface area contributed by atoms with Crippen molar-refractivity contribution in [1.29, 1.82) is 0 Å². The molecule has 0 aromatic heterocycles. The number of amides is 2. The maximum Gasteiger partial charge on any atom is 0.306 e. The highest BCUT2D eigenvalue weighted by Gasteiger charge is 2.31. The number of hydrogen-bond donors (Lipinski definition) is 2. The van der Waals surface area contributed by atoms with Crippen molar-refractivity contribution in [2.45, 2.75) is 76.7 Å². The quantitative estimate of drug-likeness (QED) is 0.287. The minimum atomic E-state index is -1.46. The number of ether oxygens (including phenoxy) is 2. The van der Waals surface area contributed by atoms with Crippen molar-refractivity contribution in [2.75, 3.05) is 35.4 Å². The second-order valence-corrected chi connectivity index (χ2v) is 14.1. The van der Waals surface area contributed by atoms with Gasteiger partial charge in [-0.05, 0) is 53.7 Å². The van der Waals surface area contributed by atoms with Crippen LogP contribution in [0.25, 0.3) is 0 Å². The summed E-state index contributed by atoms with van der Waals surface area (Å²) >= 11 is 0. The number of esters is 2. The van der Waals surface area contributed by atoms with E-state index in [-0.39, 0.29) is 50.4 Å². The molecule has 0 aliphatic heterocycles. The zero-order valence-corrected chi connectivity index (χ0v) is 24.7. The van der Waals surface area contributed by atoms with Gasteiger partial charge in [0.15, 0.2) is 0 Å². The van der Waals surface area contributed by atoms with Crippen LogP contribution in [0.3, 0.4) is 0 Å². The zero-order valence-electron chi connectivity index (χ0n) is 23.0. The second kappa shape index (κ2) is 15.7. The Morgan fingerprint density at radius 2 is 1.05 bits per heavy atom. The van der Waals surface area contributed by atoms with Gasteiger partial charge in [-0.1, -0.05) is 12.1 Å². The molecular weight excluding hydrogens is 532 g/mol. The van der Waals surface area contributed by atoms with E-state index in [2.05, 4.69) is 10.6 Å². The summed E-state index contributed by atoms with van der Waals surface area (Å²) in [5, 5.41) is 5.50. The molecule has 0 aliphatic carbocycles. The van der Waals surface area contributed by atoms with Crippen LogP contribution >= 0.6 is 0 Å². The number of hydrogen-bond acceptors (Lipinski definition) is 8. The molecule has 1 aromatic carbocycles. The van der Waals surface area contributed by atoms with E-state index >= 15 is 0 Å². The molecule has 214 valence electrons. The standard InChI is InChI=1S/C26H40N2O8S2/c1-7-35-23(31)13-15-37(33)25(3,4)17-21(29)27-19-11-9-10-12-20(19)28-22(30)18-26(5,6)38(34)16-14-24(32)36-8-2/h9-12H,7-8,13-18H2,1-6H3,(H,27,29)(H,28,30). The van der Waals surface area contributed by atoms with E-state index in [9.17, 15) is 27.6 Å². The molecule has 10 nitrogen and oxygen atoms in total. The van der Waals surface area contributed by atoms with E-state index in [1.807, 2.05) is 0 Å². The molecule has 0 bridgehead atoms. The van der Waals surface area contributed by atoms with Crippen molar-refractivity contribution >= 4 is 56.7 Å². The van der Waals surface area contributed by atoms with Crippen LogP contribution in [0.15, 0.2) is 24.3 Å². The summed E-state index contributed by atoms with van der Waals surface area (Å²) in [6, 6.07) is 6.65. The fourth-order valence-corrected chi connectivity index (χ4v) is 5.79. The summed E-state index contributed by atoms with van der Waals surface area (Å²) < 4.78 is 33.3. The topological polar surface area (TPSA) is 145 Å². The summed E-state index contributed by atoms with van der Waals surface area (Å²) in [4.78, 5) is 48.7. The van der Waals surface area contributed by atoms with Crippen molar-refractivity contribution in [3.05, 3.63) is 24.3 Å². The molecular formula is C26H40N2O8S2. The van der Waals surface area contributed by atoms with Crippen molar-refractivity contribution in [1.82, 2.24) is 0 Å². The van der Waals surface area contributed by atoms with Gasteiger partial charge in [-0.15, -0.1) is 0 Å². The van der Waals surface area contributed by atoms with Gasteiger partial charge in [0.2, 0.25) is 11.8 Å². The molecule has 2 N–H and O–H groups in total. The monoisotopic (exact) mass is 572 g/mol. The first-order chi connectivity index (χ1) is 17.7. The molecule has 0 saturated carbocycles. The zero-order chi connectivity index (χ0) is 28.9. The number of benzene rings is 1. The van der Waals surface area contributed by atoms with E-state index in [4.69, 9.17) is 9.47 Å². The van der Waals surface area contributed by atoms with E-state index in [0.29, 0.717) is 11.4 Å². The Hall–Kier alpha value is -2.60. The predicted octanol–water partition coefficient (Wildman–Crippen LogP) is 3.30. The molecule has 0 saturated heterocycles. The third-order valence-corrected chi connectivity index (χ3v) is 9.38. The molecule has 0 radical (unpaired) electrons. The van der Waals surface area contributed by atoms with Crippen LogP contribution in [-0.4, -0.2) is 66.4 Å². The van der Waals surface area contributed by atoms with Gasteiger partial charge in [0.05, 0.1) is 37.4 Å². The fraction of sp³-hybridized carbons (Fsp3) is 0.615. The molecule has 0 heterocycles. The Bertz CT molecular complexity index is 959. The van der Waals surface area contributed by atoms with Gasteiger partial charge in [-0.2, -0.15) is 0 Å². The average Bonchev–Trinajstić information content (AvgIpc) is 2.81. The molecule has 1 rings (SSSR count). The molecule has 0 spiro atoms. The summed E-state index contributed by atoms with van der Waals surface area (Å²) in [5.41, 5.74) is 0.723. The van der Waals surface area contributed by atoms with E-state index < -0.39 is 54.8 Å². The van der Waals surface area contributed by atoms with Crippen LogP contribution in [0.4, 0.5) is 11.4 Å². The molecule has 38 heavy (non-hydrogen) atoms. The van der Waals surface area contributed by atoms with Crippen molar-refractivity contribution < 1.29 is 37.1 Å². The summed E-state index contributed by atoms with van der Waals surface area (Å²) in [6.45, 7) is 10.6. The van der Waals surface area contributed by atoms with Gasteiger partial charge in [-0.25, -0.2) is 0 Å². The minimum Gasteiger partial charge on any atom is -0.466 e. The lowest BCUT2D eigenvalue weighted by atomic mass is 10.1. The van der Waals surface area contributed by atoms with Gasteiger partial charge in [0.1, 0.15) is 0 Å². The molecule has 0 aliphatic rings. The summed E-state index contributed by atoms with van der Waals surface area (Å²) in [7, 11) is -2.92. The Morgan fingerprint density at radius 1 is 0.711 bits per heavy atom. The first-order valence-electron chi connectivity index (χ1n) is 12.5. The summed E-state index contributed by atoms with van der Waals surface area (Å²) in [5.74, 6) is -1.50. The van der Waals surface area contributed by atoms with Crippen LogP contribution in [0.2, 0.25) is 0 Å². The van der Waals surface area contributed by atoms with Crippen molar-refractivity contribution in [3.8, 4) is 0 Å². The fourth-order valence-electron chi connectivity index (χ4n) is 3.40. The molecule has 1 aromatic rings. The van der Waals surface area contributed by atoms with Gasteiger partial charge < -0.3 is 20.1 Å². The lowest BCUT2D eigenvalue weighted by Gasteiger charge is -2.24. The Morgan fingerprint density at radius 3 is 1.37 bits per heavy atom. The van der Waals surface area contributed by atoms with Crippen LogP contribution in [-0.2, 0) is 50.3 Å². The van der Waals surface area contributed by atoms with Crippen LogP contribution in [0.5, 0.6) is 0 Å². The number of para-hydroxylation sites is 2.